The van der Waals surface area contributed by atoms with Gasteiger partial charge in [0.05, 0.1) is 20.3 Å². The van der Waals surface area contributed by atoms with Crippen LogP contribution in [0.15, 0.2) is 18.2 Å². The minimum Gasteiger partial charge on any atom is -0.497 e. The van der Waals surface area contributed by atoms with E-state index in [1.807, 2.05) is 6.92 Å². The van der Waals surface area contributed by atoms with E-state index >= 15 is 0 Å². The molecule has 0 aliphatic carbocycles. The highest BCUT2D eigenvalue weighted by Crippen LogP contribution is 2.28. The minimum absolute atomic E-state index is 0.379. The lowest BCUT2D eigenvalue weighted by Gasteiger charge is -2.16. The third kappa shape index (κ3) is 5.11. The van der Waals surface area contributed by atoms with Crippen molar-refractivity contribution >= 4 is 10.8 Å². The Hall–Kier alpha value is -1.11. The number of aliphatic hydroxyl groups excluding tert-OH is 1. The molecule has 0 aliphatic rings. The number of hydrogen-bond acceptors (Lipinski definition) is 5. The second kappa shape index (κ2) is 8.94. The van der Waals surface area contributed by atoms with Gasteiger partial charge in [-0.2, -0.15) is 0 Å². The van der Waals surface area contributed by atoms with Gasteiger partial charge in [-0.1, -0.05) is 6.92 Å². The molecule has 0 saturated carbocycles. The number of aliphatic hydroxyl groups is 1. The lowest BCUT2D eigenvalue weighted by molar-refractivity contribution is 0.171. The van der Waals surface area contributed by atoms with Gasteiger partial charge in [-0.05, 0) is 18.2 Å². The lowest BCUT2D eigenvalue weighted by Crippen LogP contribution is -2.26. The first-order chi connectivity index (χ1) is 9.62. The molecule has 0 spiro atoms. The highest BCUT2D eigenvalue weighted by Gasteiger charge is 2.14. The van der Waals surface area contributed by atoms with Crippen LogP contribution in [-0.4, -0.2) is 48.1 Å². The van der Waals surface area contributed by atoms with Crippen LogP contribution < -0.4 is 14.8 Å². The molecule has 5 nitrogen and oxygen atoms in total. The van der Waals surface area contributed by atoms with E-state index in [4.69, 9.17) is 9.47 Å². The molecular formula is C14H23NO4S. The third-order valence-electron chi connectivity index (χ3n) is 2.96. The Morgan fingerprint density at radius 2 is 2.10 bits per heavy atom. The van der Waals surface area contributed by atoms with Gasteiger partial charge in [-0.25, -0.2) is 0 Å². The summed E-state index contributed by atoms with van der Waals surface area (Å²) < 4.78 is 21.7. The van der Waals surface area contributed by atoms with E-state index in [1.165, 1.54) is 0 Å². The first-order valence-electron chi connectivity index (χ1n) is 6.58. The maximum atomic E-state index is 11.3. The van der Waals surface area contributed by atoms with Crippen LogP contribution >= 0.6 is 0 Å². The third-order valence-corrected chi connectivity index (χ3v) is 4.27. The van der Waals surface area contributed by atoms with Crippen molar-refractivity contribution in [3.63, 3.8) is 0 Å². The molecule has 6 heteroatoms. The zero-order valence-corrected chi connectivity index (χ0v) is 13.0. The molecule has 1 rings (SSSR count). The van der Waals surface area contributed by atoms with Crippen LogP contribution in [0.3, 0.4) is 0 Å². The highest BCUT2D eigenvalue weighted by atomic mass is 32.2. The second-order valence-electron chi connectivity index (χ2n) is 4.26. The van der Waals surface area contributed by atoms with E-state index < -0.39 is 16.9 Å². The van der Waals surface area contributed by atoms with Gasteiger partial charge in [0, 0.05) is 41.0 Å². The zero-order chi connectivity index (χ0) is 15.0. The lowest BCUT2D eigenvalue weighted by atomic mass is 10.1. The van der Waals surface area contributed by atoms with E-state index in [1.54, 1.807) is 32.4 Å². The quantitative estimate of drug-likeness (QED) is 0.669. The number of rotatable bonds is 9. The molecule has 2 unspecified atom stereocenters. The predicted molar refractivity (Wildman–Crippen MR) is 80.9 cm³/mol. The van der Waals surface area contributed by atoms with Crippen molar-refractivity contribution in [2.24, 2.45) is 0 Å². The Labute approximate surface area is 122 Å². The van der Waals surface area contributed by atoms with Crippen LogP contribution in [-0.2, 0) is 10.8 Å². The first kappa shape index (κ1) is 16.9. The van der Waals surface area contributed by atoms with Crippen LogP contribution in [0.2, 0.25) is 0 Å². The second-order valence-corrected chi connectivity index (χ2v) is 6.13. The van der Waals surface area contributed by atoms with Crippen LogP contribution in [0.1, 0.15) is 18.6 Å². The summed E-state index contributed by atoms with van der Waals surface area (Å²) in [6.07, 6.45) is -0.699. The fourth-order valence-electron chi connectivity index (χ4n) is 1.78. The number of methoxy groups -OCH3 is 2. The molecule has 0 fully saturated rings. The smallest absolute Gasteiger partial charge is 0.124 e. The van der Waals surface area contributed by atoms with Gasteiger partial charge < -0.3 is 19.9 Å². The van der Waals surface area contributed by atoms with Crippen LogP contribution in [0, 0.1) is 0 Å². The van der Waals surface area contributed by atoms with E-state index in [-0.39, 0.29) is 0 Å². The molecule has 1 aromatic carbocycles. The average molecular weight is 301 g/mol. The van der Waals surface area contributed by atoms with Crippen LogP contribution in [0.5, 0.6) is 11.5 Å². The van der Waals surface area contributed by atoms with E-state index in [2.05, 4.69) is 5.32 Å². The topological polar surface area (TPSA) is 67.8 Å². The SMILES string of the molecule is CCS(=O)CCNCC(O)c1cc(OC)ccc1OC. The summed E-state index contributed by atoms with van der Waals surface area (Å²) in [6.45, 7) is 2.89. The Bertz CT molecular complexity index is 439. The molecule has 0 saturated heterocycles. The molecule has 0 radical (unpaired) electrons. The van der Waals surface area contributed by atoms with Gasteiger partial charge in [-0.15, -0.1) is 0 Å². The van der Waals surface area contributed by atoms with Crippen molar-refractivity contribution in [3.05, 3.63) is 23.8 Å². The Morgan fingerprint density at radius 3 is 2.70 bits per heavy atom. The fraction of sp³-hybridized carbons (Fsp3) is 0.571. The van der Waals surface area contributed by atoms with Gasteiger partial charge in [0.1, 0.15) is 11.5 Å². The van der Waals surface area contributed by atoms with Crippen LogP contribution in [0.4, 0.5) is 0 Å². The monoisotopic (exact) mass is 301 g/mol. The van der Waals surface area contributed by atoms with Crippen molar-refractivity contribution in [3.8, 4) is 11.5 Å². The van der Waals surface area contributed by atoms with E-state index in [0.717, 1.165) is 0 Å². The molecular weight excluding hydrogens is 278 g/mol. The largest absolute Gasteiger partial charge is 0.497 e. The molecule has 0 bridgehead atoms. The van der Waals surface area contributed by atoms with E-state index in [9.17, 15) is 9.32 Å². The maximum absolute atomic E-state index is 11.3. The highest BCUT2D eigenvalue weighted by molar-refractivity contribution is 7.84. The molecule has 0 aromatic heterocycles. The van der Waals surface area contributed by atoms with Crippen molar-refractivity contribution in [1.82, 2.24) is 5.32 Å². The summed E-state index contributed by atoms with van der Waals surface area (Å²) >= 11 is 0. The molecule has 0 aliphatic heterocycles. The number of ether oxygens (including phenoxy) is 2. The summed E-state index contributed by atoms with van der Waals surface area (Å²) in [5.74, 6) is 2.55. The van der Waals surface area contributed by atoms with Crippen LogP contribution in [0.25, 0.3) is 0 Å². The summed E-state index contributed by atoms with van der Waals surface area (Å²) in [5, 5.41) is 13.3. The number of hydrogen-bond donors (Lipinski definition) is 2. The molecule has 1 aromatic rings. The molecule has 0 heterocycles. The number of benzene rings is 1. The fourth-order valence-corrected chi connectivity index (χ4v) is 2.44. The zero-order valence-electron chi connectivity index (χ0n) is 12.2. The minimum atomic E-state index is -0.786. The van der Waals surface area contributed by atoms with Gasteiger partial charge in [0.15, 0.2) is 0 Å². The Kier molecular flexibility index (Phi) is 7.58. The van der Waals surface area contributed by atoms with Crippen molar-refractivity contribution < 1.29 is 18.8 Å². The van der Waals surface area contributed by atoms with Gasteiger partial charge in [0.2, 0.25) is 0 Å². The molecule has 2 atom stereocenters. The van der Waals surface area contributed by atoms with E-state index in [0.29, 0.717) is 41.7 Å². The summed E-state index contributed by atoms with van der Waals surface area (Å²) in [4.78, 5) is 0. The maximum Gasteiger partial charge on any atom is 0.124 e. The Morgan fingerprint density at radius 1 is 1.35 bits per heavy atom. The summed E-state index contributed by atoms with van der Waals surface area (Å²) in [5.41, 5.74) is 0.677. The van der Waals surface area contributed by atoms with Gasteiger partial charge in [-0.3, -0.25) is 4.21 Å². The summed E-state index contributed by atoms with van der Waals surface area (Å²) in [6, 6.07) is 5.31. The van der Waals surface area contributed by atoms with Crippen molar-refractivity contribution in [2.75, 3.05) is 38.8 Å². The van der Waals surface area contributed by atoms with Crippen molar-refractivity contribution in [1.29, 1.82) is 0 Å². The van der Waals surface area contributed by atoms with Crippen molar-refractivity contribution in [2.45, 2.75) is 13.0 Å². The predicted octanol–water partition coefficient (Wildman–Crippen LogP) is 1.10. The molecule has 20 heavy (non-hydrogen) atoms. The molecule has 0 amide bonds. The standard InChI is InChI=1S/C14H23NO4S/c1-4-20(17)8-7-15-10-13(16)12-9-11(18-2)5-6-14(12)19-3/h5-6,9,13,15-16H,4,7-8,10H2,1-3H3. The average Bonchev–Trinajstić information content (AvgIpc) is 2.50. The molecule has 2 N–H and O–H groups in total. The molecule has 114 valence electrons. The number of nitrogens with one attached hydrogen (secondary N) is 1. The first-order valence-corrected chi connectivity index (χ1v) is 8.06. The Balaban J connectivity index is 2.57. The van der Waals surface area contributed by atoms with Gasteiger partial charge in [0.25, 0.3) is 0 Å². The normalized spacial score (nSPS) is 13.8. The summed E-state index contributed by atoms with van der Waals surface area (Å²) in [7, 11) is 2.36. The van der Waals surface area contributed by atoms with Gasteiger partial charge >= 0.3 is 0 Å².